The van der Waals surface area contributed by atoms with Crippen LogP contribution in [0.15, 0.2) is 54.6 Å². The van der Waals surface area contributed by atoms with Gasteiger partial charge in [-0.1, -0.05) is 64.5 Å². The summed E-state index contributed by atoms with van der Waals surface area (Å²) in [7, 11) is 0. The number of aromatic hydroxyl groups is 1. The molecule has 0 saturated carbocycles. The van der Waals surface area contributed by atoms with Crippen molar-refractivity contribution in [1.29, 1.82) is 0 Å². The Morgan fingerprint density at radius 3 is 1.29 bits per heavy atom. The molecule has 0 fully saturated rings. The number of hydrogen-bond acceptors (Lipinski definition) is 3. The number of aryl methyl sites for hydroxylation is 5. The molecule has 3 N–H and O–H groups in total. The predicted molar refractivity (Wildman–Crippen MR) is 163 cm³/mol. The van der Waals surface area contributed by atoms with Crippen LogP contribution in [0.25, 0.3) is 0 Å². The van der Waals surface area contributed by atoms with Gasteiger partial charge in [0.2, 0.25) is 0 Å². The van der Waals surface area contributed by atoms with Gasteiger partial charge >= 0.3 is 0 Å². The van der Waals surface area contributed by atoms with Gasteiger partial charge in [-0.3, -0.25) is 0 Å². The zero-order valence-corrected chi connectivity index (χ0v) is 27.4. The molecule has 0 saturated heterocycles. The molecule has 0 aliphatic carbocycles. The van der Waals surface area contributed by atoms with E-state index in [0.29, 0.717) is 0 Å². The second-order valence-corrected chi connectivity index (χ2v) is 23.5. The molecule has 0 heterocycles. The highest BCUT2D eigenvalue weighted by molar-refractivity contribution is 9.93. The second kappa shape index (κ2) is 18.9. The number of hydrogen-bond donors (Lipinski definition) is 3. The van der Waals surface area contributed by atoms with Crippen LogP contribution in [0.3, 0.4) is 0 Å². The van der Waals surface area contributed by atoms with E-state index in [-0.39, 0.29) is 23.0 Å². The Hall–Kier alpha value is -0.270. The van der Waals surface area contributed by atoms with E-state index in [2.05, 4.69) is 108 Å². The van der Waals surface area contributed by atoms with E-state index >= 15 is 0 Å². The van der Waals surface area contributed by atoms with Gasteiger partial charge in [0.05, 0.1) is 13.2 Å². The molecule has 0 radical (unpaired) electrons. The number of benzene rings is 3. The molecule has 0 aliphatic heterocycles. The molecule has 3 aromatic rings. The first kappa shape index (κ1) is 33.7. The number of alkyl halides is 1. The third-order valence-corrected chi connectivity index (χ3v) is 5.57. The fourth-order valence-electron chi connectivity index (χ4n) is 2.60. The Kier molecular flexibility index (Phi) is 18.8. The molecule has 0 atom stereocenters. The van der Waals surface area contributed by atoms with Gasteiger partial charge in [-0.15, -0.1) is 0 Å². The monoisotopic (exact) mass is 740 g/mol. The Labute approximate surface area is 238 Å². The van der Waals surface area contributed by atoms with Crippen molar-refractivity contribution in [1.82, 2.24) is 0 Å². The van der Waals surface area contributed by atoms with Gasteiger partial charge in [-0.05, 0) is 132 Å². The Morgan fingerprint density at radius 1 is 0.588 bits per heavy atom. The highest BCUT2D eigenvalue weighted by atomic mass is 80.0. The maximum Gasteiger partial charge on any atom is 0.118 e. The number of phenolic OH excluding ortho intramolecular Hbond substituents is 1. The number of aliphatic hydroxyl groups excluding tert-OH is 2. The summed E-state index contributed by atoms with van der Waals surface area (Å²) in [6.45, 7) is 10.4. The molecule has 3 rings (SSSR count). The minimum Gasteiger partial charge on any atom is -0.508 e. The van der Waals surface area contributed by atoms with E-state index < -0.39 is 0 Å². The Bertz CT molecular complexity index is 873. The number of rotatable bonds is 3. The van der Waals surface area contributed by atoms with Gasteiger partial charge < -0.3 is 15.3 Å². The minimum absolute atomic E-state index is 0.0289. The van der Waals surface area contributed by atoms with Gasteiger partial charge in [-0.25, -0.2) is 0 Å². The van der Waals surface area contributed by atoms with Gasteiger partial charge in [0.25, 0.3) is 0 Å². The van der Waals surface area contributed by atoms with E-state index in [1.165, 1.54) is 27.8 Å². The topological polar surface area (TPSA) is 60.7 Å². The predicted octanol–water partition coefficient (Wildman–Crippen LogP) is 9.58. The Morgan fingerprint density at radius 2 is 0.941 bits per heavy atom. The van der Waals surface area contributed by atoms with E-state index in [4.69, 9.17) is 15.3 Å². The van der Waals surface area contributed by atoms with Gasteiger partial charge in [0.15, 0.2) is 0 Å². The zero-order valence-electron chi connectivity index (χ0n) is 20.1. The lowest BCUT2D eigenvalue weighted by atomic mass is 10.1. The van der Waals surface area contributed by atoms with Crippen molar-refractivity contribution in [3.05, 3.63) is 99.1 Å². The highest BCUT2D eigenvalue weighted by Gasteiger charge is 1.95. The van der Waals surface area contributed by atoms with Gasteiger partial charge in [-0.2, -0.15) is 0 Å². The van der Waals surface area contributed by atoms with E-state index in [0.717, 1.165) is 22.0 Å². The summed E-state index contributed by atoms with van der Waals surface area (Å²) < 4.78 is -0.183. The molecular formula is C26H33Br4O3P. The maximum atomic E-state index is 9.06. The molecule has 34 heavy (non-hydrogen) atoms. The standard InChI is InChI=1S/C9H11Br.C9H12O.C8H10O2.Br3P/c2*1-7-3-4-9(6-10)5-8(7)2;1-6-4-7(5-9)2-3-8(6)10;1-4(2)3/h3-5H,6H2,1-2H3;3-5,10H,6H2,1-2H3;2-4,9-10H,5H2,1H3;. The third-order valence-electron chi connectivity index (χ3n) is 4.92. The molecule has 8 heteroatoms. The molecule has 0 aromatic heterocycles. The first-order valence-electron chi connectivity index (χ1n) is 10.4. The lowest BCUT2D eigenvalue weighted by Crippen LogP contribution is -1.86. The van der Waals surface area contributed by atoms with Crippen LogP contribution in [0.5, 0.6) is 5.75 Å². The quantitative estimate of drug-likeness (QED) is 0.185. The van der Waals surface area contributed by atoms with Crippen LogP contribution < -0.4 is 0 Å². The van der Waals surface area contributed by atoms with E-state index in [1.54, 1.807) is 25.1 Å². The summed E-state index contributed by atoms with van der Waals surface area (Å²) in [5.41, 5.74) is 9.22. The van der Waals surface area contributed by atoms with Crippen molar-refractivity contribution in [2.75, 3.05) is 0 Å². The van der Waals surface area contributed by atoms with Crippen LogP contribution in [0.1, 0.15) is 44.5 Å². The summed E-state index contributed by atoms with van der Waals surface area (Å²) in [6.07, 6.45) is 0. The molecule has 0 aliphatic rings. The molecule has 3 nitrogen and oxygen atoms in total. The summed E-state index contributed by atoms with van der Waals surface area (Å²) in [5.74, 6) is 0.275. The minimum atomic E-state index is -0.183. The van der Waals surface area contributed by atoms with E-state index in [1.807, 2.05) is 18.2 Å². The molecule has 188 valence electrons. The normalized spacial score (nSPS) is 9.76. The summed E-state index contributed by atoms with van der Waals surface area (Å²) >= 11 is 12.9. The molecule has 3 aromatic carbocycles. The fraction of sp³-hybridized carbons (Fsp3) is 0.308. The number of aliphatic hydroxyl groups is 2. The molecule has 0 amide bonds. The van der Waals surface area contributed by atoms with Crippen molar-refractivity contribution in [3.8, 4) is 5.75 Å². The summed E-state index contributed by atoms with van der Waals surface area (Å²) in [6, 6.07) is 17.5. The van der Waals surface area contributed by atoms with Crippen LogP contribution >= 0.6 is 66.4 Å². The van der Waals surface area contributed by atoms with Crippen molar-refractivity contribution >= 4 is 66.4 Å². The smallest absolute Gasteiger partial charge is 0.118 e. The zero-order chi connectivity index (χ0) is 26.3. The van der Waals surface area contributed by atoms with Crippen molar-refractivity contribution in [2.45, 2.75) is 53.2 Å². The van der Waals surface area contributed by atoms with E-state index in [9.17, 15) is 0 Å². The lowest BCUT2D eigenvalue weighted by molar-refractivity contribution is 0.281. The Balaban J connectivity index is 0.000000445. The largest absolute Gasteiger partial charge is 0.508 e. The summed E-state index contributed by atoms with van der Waals surface area (Å²) in [4.78, 5) is 0. The second-order valence-electron chi connectivity index (χ2n) is 7.60. The first-order chi connectivity index (χ1) is 15.9. The van der Waals surface area contributed by atoms with Crippen LogP contribution in [0.2, 0.25) is 0 Å². The van der Waals surface area contributed by atoms with Crippen molar-refractivity contribution < 1.29 is 15.3 Å². The highest BCUT2D eigenvalue weighted by Crippen LogP contribution is 2.59. The number of halogens is 4. The van der Waals surface area contributed by atoms with Crippen LogP contribution in [-0.4, -0.2) is 15.3 Å². The van der Waals surface area contributed by atoms with Gasteiger partial charge in [0.1, 0.15) is 9.78 Å². The van der Waals surface area contributed by atoms with Crippen LogP contribution in [0, 0.1) is 34.6 Å². The molecule has 0 unspecified atom stereocenters. The fourth-order valence-corrected chi connectivity index (χ4v) is 2.95. The summed E-state index contributed by atoms with van der Waals surface area (Å²) in [5, 5.41) is 27.4. The maximum absolute atomic E-state index is 9.06. The molecule has 0 spiro atoms. The number of phenols is 1. The lowest BCUT2D eigenvalue weighted by Gasteiger charge is -2.00. The van der Waals surface area contributed by atoms with Crippen LogP contribution in [-0.2, 0) is 18.5 Å². The van der Waals surface area contributed by atoms with Crippen molar-refractivity contribution in [2.24, 2.45) is 0 Å². The van der Waals surface area contributed by atoms with Crippen LogP contribution in [0.4, 0.5) is 0 Å². The molecular weight excluding hydrogens is 711 g/mol. The molecule has 0 bridgehead atoms. The van der Waals surface area contributed by atoms with Gasteiger partial charge in [0, 0.05) is 5.33 Å². The van der Waals surface area contributed by atoms with Crippen molar-refractivity contribution in [3.63, 3.8) is 0 Å². The third kappa shape index (κ3) is 15.0. The average Bonchev–Trinajstić information content (AvgIpc) is 2.80. The SMILES string of the molecule is BrP(Br)Br.Cc1cc(CO)ccc1O.Cc1ccc(CBr)cc1C.Cc1ccc(CO)cc1C. The average molecular weight is 744 g/mol. The first-order valence-corrected chi connectivity index (χ1v) is 18.9.